The molecule has 28 heavy (non-hydrogen) atoms. The number of aromatic nitrogens is 4. The van der Waals surface area contributed by atoms with Crippen LogP contribution in [0.5, 0.6) is 0 Å². The fourth-order valence-corrected chi connectivity index (χ4v) is 3.25. The van der Waals surface area contributed by atoms with E-state index in [0.717, 1.165) is 18.4 Å². The van der Waals surface area contributed by atoms with Gasteiger partial charge in [-0.25, -0.2) is 14.1 Å². The molecule has 0 aliphatic heterocycles. The smallest absolute Gasteiger partial charge is 0.225 e. The van der Waals surface area contributed by atoms with Crippen molar-refractivity contribution in [3.05, 3.63) is 66.0 Å². The molecule has 4 aromatic rings. The fraction of sp³-hybridized carbons (Fsp3) is 0.190. The van der Waals surface area contributed by atoms with Gasteiger partial charge in [0, 0.05) is 11.6 Å². The topological polar surface area (TPSA) is 81.7 Å². The number of halogens is 1. The van der Waals surface area contributed by atoms with E-state index in [1.165, 1.54) is 12.1 Å². The number of nitrogen functional groups attached to an aromatic ring is 1. The first-order chi connectivity index (χ1) is 13.7. The molecule has 0 unspecified atom stereocenters. The summed E-state index contributed by atoms with van der Waals surface area (Å²) in [5.41, 5.74) is 9.26. The summed E-state index contributed by atoms with van der Waals surface area (Å²) in [7, 11) is 0. The van der Waals surface area contributed by atoms with Gasteiger partial charge in [-0.3, -0.25) is 0 Å². The summed E-state index contributed by atoms with van der Waals surface area (Å²) in [6, 6.07) is 16.7. The van der Waals surface area contributed by atoms with Gasteiger partial charge in [0.05, 0.1) is 17.6 Å². The molecule has 2 aromatic heterocycles. The van der Waals surface area contributed by atoms with Gasteiger partial charge in [-0.15, -0.1) is 5.10 Å². The Hall–Kier alpha value is -3.48. The van der Waals surface area contributed by atoms with Crippen LogP contribution >= 0.6 is 0 Å². The molecular weight excluding hydrogens is 355 g/mol. The SMILES string of the molecule is Nc1c2c(-c3cccc(F)c3)nc(NC3CC3)nc2nn1Cc1ccccc1. The van der Waals surface area contributed by atoms with E-state index >= 15 is 0 Å². The molecule has 3 N–H and O–H groups in total. The summed E-state index contributed by atoms with van der Waals surface area (Å²) in [5.74, 6) is 0.644. The zero-order valence-corrected chi connectivity index (χ0v) is 15.1. The number of nitrogens with zero attached hydrogens (tertiary/aromatic N) is 4. The minimum absolute atomic E-state index is 0.323. The molecule has 0 saturated heterocycles. The molecule has 1 fully saturated rings. The van der Waals surface area contributed by atoms with Crippen LogP contribution in [-0.2, 0) is 6.54 Å². The third-order valence-corrected chi connectivity index (χ3v) is 4.82. The second-order valence-electron chi connectivity index (χ2n) is 7.05. The van der Waals surface area contributed by atoms with E-state index in [0.29, 0.717) is 46.6 Å². The Labute approximate surface area is 161 Å². The van der Waals surface area contributed by atoms with Crippen molar-refractivity contribution in [3.63, 3.8) is 0 Å². The number of nitrogens with two attached hydrogens (primary N) is 1. The fourth-order valence-electron chi connectivity index (χ4n) is 3.25. The summed E-state index contributed by atoms with van der Waals surface area (Å²) in [6.45, 7) is 0.525. The molecule has 0 radical (unpaired) electrons. The molecule has 2 heterocycles. The molecule has 6 nitrogen and oxygen atoms in total. The zero-order chi connectivity index (χ0) is 19.1. The number of benzene rings is 2. The van der Waals surface area contributed by atoms with Crippen LogP contribution < -0.4 is 11.1 Å². The predicted octanol–water partition coefficient (Wildman–Crippen LogP) is 3.84. The minimum Gasteiger partial charge on any atom is -0.383 e. The Bertz CT molecular complexity index is 1150. The molecule has 0 spiro atoms. The summed E-state index contributed by atoms with van der Waals surface area (Å²) < 4.78 is 15.6. The van der Waals surface area contributed by atoms with Gasteiger partial charge in [0.15, 0.2) is 5.65 Å². The summed E-state index contributed by atoms with van der Waals surface area (Å²) in [6.07, 6.45) is 2.20. The highest BCUT2D eigenvalue weighted by molar-refractivity contribution is 5.98. The first-order valence-corrected chi connectivity index (χ1v) is 9.28. The van der Waals surface area contributed by atoms with Crippen LogP contribution in [0.15, 0.2) is 54.6 Å². The molecule has 0 amide bonds. The highest BCUT2D eigenvalue weighted by Crippen LogP contribution is 2.33. The number of anilines is 2. The first-order valence-electron chi connectivity index (χ1n) is 9.28. The Morgan fingerprint density at radius 1 is 1.07 bits per heavy atom. The lowest BCUT2D eigenvalue weighted by molar-refractivity contribution is 0.628. The summed E-state index contributed by atoms with van der Waals surface area (Å²) >= 11 is 0. The van der Waals surface area contributed by atoms with Crippen molar-refractivity contribution in [1.29, 1.82) is 0 Å². The second-order valence-corrected chi connectivity index (χ2v) is 7.05. The van der Waals surface area contributed by atoms with E-state index in [1.807, 2.05) is 36.4 Å². The lowest BCUT2D eigenvalue weighted by Gasteiger charge is -2.08. The molecule has 1 aliphatic carbocycles. The molecular formula is C21H19FN6. The average Bonchev–Trinajstić information content (AvgIpc) is 3.46. The van der Waals surface area contributed by atoms with Gasteiger partial charge in [0.2, 0.25) is 5.95 Å². The highest BCUT2D eigenvalue weighted by atomic mass is 19.1. The molecule has 1 aliphatic rings. The van der Waals surface area contributed by atoms with Gasteiger partial charge < -0.3 is 11.1 Å². The van der Waals surface area contributed by atoms with Crippen molar-refractivity contribution < 1.29 is 4.39 Å². The van der Waals surface area contributed by atoms with E-state index in [1.54, 1.807) is 10.7 Å². The molecule has 0 bridgehead atoms. The molecule has 7 heteroatoms. The third kappa shape index (κ3) is 3.15. The van der Waals surface area contributed by atoms with Crippen molar-refractivity contribution in [2.24, 2.45) is 0 Å². The van der Waals surface area contributed by atoms with E-state index in [4.69, 9.17) is 5.73 Å². The van der Waals surface area contributed by atoms with Crippen LogP contribution in [0, 0.1) is 5.82 Å². The Balaban J connectivity index is 1.66. The van der Waals surface area contributed by atoms with E-state index in [9.17, 15) is 4.39 Å². The van der Waals surface area contributed by atoms with E-state index in [2.05, 4.69) is 20.4 Å². The van der Waals surface area contributed by atoms with Gasteiger partial charge in [0.1, 0.15) is 11.6 Å². The van der Waals surface area contributed by atoms with Gasteiger partial charge in [-0.1, -0.05) is 42.5 Å². The van der Waals surface area contributed by atoms with Crippen molar-refractivity contribution in [2.45, 2.75) is 25.4 Å². The number of fused-ring (bicyclic) bond motifs is 1. The van der Waals surface area contributed by atoms with Crippen LogP contribution in [0.3, 0.4) is 0 Å². The van der Waals surface area contributed by atoms with Crippen LogP contribution in [-0.4, -0.2) is 25.8 Å². The molecule has 1 saturated carbocycles. The molecule has 5 rings (SSSR count). The minimum atomic E-state index is -0.323. The van der Waals surface area contributed by atoms with Gasteiger partial charge >= 0.3 is 0 Å². The Kier molecular flexibility index (Phi) is 3.93. The van der Waals surface area contributed by atoms with E-state index < -0.39 is 0 Å². The molecule has 140 valence electrons. The Morgan fingerprint density at radius 2 is 1.89 bits per heavy atom. The zero-order valence-electron chi connectivity index (χ0n) is 15.1. The first kappa shape index (κ1) is 16.7. The largest absolute Gasteiger partial charge is 0.383 e. The van der Waals surface area contributed by atoms with Crippen LogP contribution in [0.2, 0.25) is 0 Å². The van der Waals surface area contributed by atoms with Crippen molar-refractivity contribution in [1.82, 2.24) is 19.7 Å². The number of rotatable bonds is 5. The van der Waals surface area contributed by atoms with Gasteiger partial charge in [-0.2, -0.15) is 4.98 Å². The van der Waals surface area contributed by atoms with Crippen molar-refractivity contribution in [3.8, 4) is 11.3 Å². The average molecular weight is 374 g/mol. The maximum atomic E-state index is 13.9. The monoisotopic (exact) mass is 374 g/mol. The standard InChI is InChI=1S/C21H19FN6/c22-15-8-4-7-14(11-15)18-17-19(23)28(12-13-5-2-1-3-6-13)27-20(17)26-21(25-18)24-16-9-10-16/h1-8,11,16H,9-10,12,23H2,(H,24,26,27). The van der Waals surface area contributed by atoms with Crippen molar-refractivity contribution in [2.75, 3.05) is 11.1 Å². The molecule has 2 aromatic carbocycles. The number of nitrogens with one attached hydrogen (secondary N) is 1. The van der Waals surface area contributed by atoms with Gasteiger partial charge in [0.25, 0.3) is 0 Å². The second kappa shape index (κ2) is 6.60. The normalized spacial score (nSPS) is 13.8. The highest BCUT2D eigenvalue weighted by Gasteiger charge is 2.24. The van der Waals surface area contributed by atoms with Crippen LogP contribution in [0.1, 0.15) is 18.4 Å². The van der Waals surface area contributed by atoms with Gasteiger partial charge in [-0.05, 0) is 30.5 Å². The van der Waals surface area contributed by atoms with Crippen LogP contribution in [0.25, 0.3) is 22.3 Å². The lowest BCUT2D eigenvalue weighted by Crippen LogP contribution is -2.06. The maximum absolute atomic E-state index is 13.9. The molecule has 0 atom stereocenters. The lowest BCUT2D eigenvalue weighted by atomic mass is 10.1. The number of hydrogen-bond acceptors (Lipinski definition) is 5. The van der Waals surface area contributed by atoms with Crippen molar-refractivity contribution >= 4 is 22.8 Å². The quantitative estimate of drug-likeness (QED) is 0.555. The maximum Gasteiger partial charge on any atom is 0.225 e. The number of hydrogen-bond donors (Lipinski definition) is 2. The van der Waals surface area contributed by atoms with Crippen LogP contribution in [0.4, 0.5) is 16.2 Å². The summed E-state index contributed by atoms with van der Waals surface area (Å²) in [4.78, 5) is 9.21. The Morgan fingerprint density at radius 3 is 2.64 bits per heavy atom. The van der Waals surface area contributed by atoms with E-state index in [-0.39, 0.29) is 5.82 Å². The third-order valence-electron chi connectivity index (χ3n) is 4.82. The summed E-state index contributed by atoms with van der Waals surface area (Å²) in [5, 5.41) is 8.56. The predicted molar refractivity (Wildman–Crippen MR) is 107 cm³/mol.